The zero-order chi connectivity index (χ0) is 26.8. The molecule has 1 unspecified atom stereocenters. The van der Waals surface area contributed by atoms with Gasteiger partial charge < -0.3 is 9.47 Å². The molecule has 1 aromatic heterocycles. The average Bonchev–Trinajstić information content (AvgIpc) is 2.81. The summed E-state index contributed by atoms with van der Waals surface area (Å²) in [4.78, 5) is 36.8. The Morgan fingerprint density at radius 3 is 2.31 bits per heavy atom. The van der Waals surface area contributed by atoms with Gasteiger partial charge in [-0.1, -0.05) is 19.1 Å². The molecule has 3 aromatic rings. The highest BCUT2D eigenvalue weighted by Crippen LogP contribution is 2.35. The Bertz CT molecular complexity index is 1490. The molecule has 1 heterocycles. The van der Waals surface area contributed by atoms with E-state index in [0.29, 0.717) is 12.5 Å². The number of ether oxygens (including phenoxy) is 2. The second-order valence-electron chi connectivity index (χ2n) is 7.63. The Morgan fingerprint density at radius 1 is 1.11 bits per heavy atom. The van der Waals surface area contributed by atoms with Gasteiger partial charge in [0, 0.05) is 19.2 Å². The number of nitriles is 1. The third-order valence-electron chi connectivity index (χ3n) is 5.18. The molecule has 3 rings (SSSR count). The fraction of sp³-hybridized carbons (Fsp3) is 0.250. The molecule has 0 aliphatic rings. The van der Waals surface area contributed by atoms with Crippen LogP contribution in [0.4, 0.5) is 17.6 Å². The summed E-state index contributed by atoms with van der Waals surface area (Å²) in [7, 11) is 0.785. The molecule has 0 N–H and O–H groups in total. The molecule has 0 amide bonds. The second-order valence-corrected chi connectivity index (χ2v) is 7.63. The highest BCUT2D eigenvalue weighted by Gasteiger charge is 2.35. The molecule has 0 aliphatic heterocycles. The van der Waals surface area contributed by atoms with Crippen LogP contribution in [-0.2, 0) is 18.0 Å². The van der Waals surface area contributed by atoms with Crippen molar-refractivity contribution in [2.75, 3.05) is 0 Å². The standard InChI is InChI=1S/C24H19F4N3O5/c1-4-17(13(2)32)35-18-7-5-6-8-19(18)36-20-10-16(15(25)9-14(20)12-29)31-22(33)11-21(24(26,27)28)30(3)23(31)34/h5-11,17H,4H2,1-3H3. The van der Waals surface area contributed by atoms with E-state index in [1.165, 1.54) is 19.1 Å². The van der Waals surface area contributed by atoms with Crippen molar-refractivity contribution in [2.45, 2.75) is 32.5 Å². The van der Waals surface area contributed by atoms with Crippen LogP contribution in [0, 0.1) is 17.1 Å². The van der Waals surface area contributed by atoms with Gasteiger partial charge in [0.2, 0.25) is 0 Å². The van der Waals surface area contributed by atoms with Gasteiger partial charge in [-0.2, -0.15) is 18.4 Å². The summed E-state index contributed by atoms with van der Waals surface area (Å²) >= 11 is 0. The molecule has 0 saturated carbocycles. The Balaban J connectivity index is 2.16. The smallest absolute Gasteiger partial charge is 0.431 e. The van der Waals surface area contributed by atoms with Gasteiger partial charge in [0.1, 0.15) is 23.3 Å². The van der Waals surface area contributed by atoms with E-state index in [9.17, 15) is 37.2 Å². The largest absolute Gasteiger partial charge is 0.479 e. The van der Waals surface area contributed by atoms with E-state index in [2.05, 4.69) is 0 Å². The van der Waals surface area contributed by atoms with Crippen molar-refractivity contribution in [3.05, 3.63) is 80.4 Å². The SMILES string of the molecule is CCC(Oc1ccccc1Oc1cc(-n2c(=O)cc(C(F)(F)F)n(C)c2=O)c(F)cc1C#N)C(C)=O. The summed E-state index contributed by atoms with van der Waals surface area (Å²) in [6.45, 7) is 3.08. The normalized spacial score (nSPS) is 12.1. The number of carbonyl (C=O) groups excluding carboxylic acids is 1. The zero-order valence-electron chi connectivity index (χ0n) is 19.2. The van der Waals surface area contributed by atoms with Crippen LogP contribution in [-0.4, -0.2) is 21.0 Å². The van der Waals surface area contributed by atoms with Crippen molar-refractivity contribution in [1.82, 2.24) is 9.13 Å². The first-order chi connectivity index (χ1) is 16.9. The maximum atomic E-state index is 14.9. The van der Waals surface area contributed by atoms with Crippen LogP contribution in [0.3, 0.4) is 0 Å². The molecule has 0 saturated heterocycles. The van der Waals surface area contributed by atoms with Crippen molar-refractivity contribution in [1.29, 1.82) is 5.26 Å². The highest BCUT2D eigenvalue weighted by molar-refractivity contribution is 5.80. The van der Waals surface area contributed by atoms with Gasteiger partial charge in [0.05, 0.1) is 11.3 Å². The van der Waals surface area contributed by atoms with E-state index in [0.717, 1.165) is 13.1 Å². The van der Waals surface area contributed by atoms with E-state index >= 15 is 0 Å². The number of benzene rings is 2. The molecule has 36 heavy (non-hydrogen) atoms. The first kappa shape index (κ1) is 26.2. The molecule has 8 nitrogen and oxygen atoms in total. The van der Waals surface area contributed by atoms with Crippen LogP contribution in [0.1, 0.15) is 31.5 Å². The van der Waals surface area contributed by atoms with Crippen LogP contribution in [0.25, 0.3) is 5.69 Å². The molecular weight excluding hydrogens is 486 g/mol. The fourth-order valence-electron chi connectivity index (χ4n) is 3.36. The van der Waals surface area contributed by atoms with Crippen molar-refractivity contribution in [2.24, 2.45) is 7.05 Å². The van der Waals surface area contributed by atoms with Gasteiger partial charge in [0.15, 0.2) is 23.4 Å². The van der Waals surface area contributed by atoms with E-state index in [1.807, 2.05) is 0 Å². The minimum atomic E-state index is -5.00. The molecule has 1 atom stereocenters. The molecule has 0 radical (unpaired) electrons. The van der Waals surface area contributed by atoms with Crippen LogP contribution >= 0.6 is 0 Å². The minimum absolute atomic E-state index is 0.0268. The fourth-order valence-corrected chi connectivity index (χ4v) is 3.36. The van der Waals surface area contributed by atoms with Crippen molar-refractivity contribution in [3.63, 3.8) is 0 Å². The number of halogens is 4. The number of rotatable bonds is 7. The molecule has 12 heteroatoms. The number of hydrogen-bond acceptors (Lipinski definition) is 6. The van der Waals surface area contributed by atoms with Crippen molar-refractivity contribution >= 4 is 5.78 Å². The summed E-state index contributed by atoms with van der Waals surface area (Å²) in [5, 5.41) is 9.46. The average molecular weight is 505 g/mol. The number of para-hydroxylation sites is 2. The predicted molar refractivity (Wildman–Crippen MR) is 119 cm³/mol. The van der Waals surface area contributed by atoms with Gasteiger partial charge in [-0.3, -0.25) is 14.2 Å². The summed E-state index contributed by atoms with van der Waals surface area (Å²) in [6, 6.07) is 9.50. The summed E-state index contributed by atoms with van der Waals surface area (Å²) in [6.07, 6.45) is -5.43. The number of nitrogens with zero attached hydrogens (tertiary/aromatic N) is 3. The number of hydrogen-bond donors (Lipinski definition) is 0. The van der Waals surface area contributed by atoms with Crippen LogP contribution in [0.2, 0.25) is 0 Å². The highest BCUT2D eigenvalue weighted by atomic mass is 19.4. The molecule has 0 fully saturated rings. The monoisotopic (exact) mass is 505 g/mol. The molecule has 0 spiro atoms. The topological polar surface area (TPSA) is 103 Å². The number of aromatic nitrogens is 2. The lowest BCUT2D eigenvalue weighted by molar-refractivity contribution is -0.144. The van der Waals surface area contributed by atoms with Crippen LogP contribution < -0.4 is 20.7 Å². The Morgan fingerprint density at radius 2 is 1.75 bits per heavy atom. The quantitative estimate of drug-likeness (QED) is 0.448. The lowest BCUT2D eigenvalue weighted by Crippen LogP contribution is -2.41. The number of ketones is 1. The number of carbonyl (C=O) groups is 1. The summed E-state index contributed by atoms with van der Waals surface area (Å²) in [5.74, 6) is -1.62. The third-order valence-corrected chi connectivity index (χ3v) is 5.18. The van der Waals surface area contributed by atoms with Gasteiger partial charge in [-0.25, -0.2) is 13.8 Å². The number of Topliss-reactive ketones (excluding diaryl/α,β-unsaturated/α-hetero) is 1. The van der Waals surface area contributed by atoms with Crippen molar-refractivity contribution < 1.29 is 31.8 Å². The first-order valence-corrected chi connectivity index (χ1v) is 10.5. The Hall–Kier alpha value is -4.40. The summed E-state index contributed by atoms with van der Waals surface area (Å²) in [5.41, 5.74) is -5.46. The van der Waals surface area contributed by atoms with Gasteiger partial charge >= 0.3 is 11.9 Å². The first-order valence-electron chi connectivity index (χ1n) is 10.5. The van der Waals surface area contributed by atoms with E-state index in [1.54, 1.807) is 25.1 Å². The number of alkyl halides is 3. The molecule has 188 valence electrons. The van der Waals surface area contributed by atoms with Gasteiger partial charge in [0.25, 0.3) is 5.56 Å². The van der Waals surface area contributed by atoms with Crippen molar-refractivity contribution in [3.8, 4) is 29.0 Å². The zero-order valence-corrected chi connectivity index (χ0v) is 19.2. The summed E-state index contributed by atoms with van der Waals surface area (Å²) < 4.78 is 66.1. The van der Waals surface area contributed by atoms with E-state index in [4.69, 9.17) is 9.47 Å². The van der Waals surface area contributed by atoms with Crippen LogP contribution in [0.5, 0.6) is 17.2 Å². The van der Waals surface area contributed by atoms with Crippen LogP contribution in [0.15, 0.2) is 52.1 Å². The van der Waals surface area contributed by atoms with E-state index < -0.39 is 40.7 Å². The predicted octanol–water partition coefficient (Wildman–Crippen LogP) is 4.10. The minimum Gasteiger partial charge on any atom is -0.479 e. The lowest BCUT2D eigenvalue weighted by Gasteiger charge is -2.18. The molecular formula is C24H19F4N3O5. The second kappa shape index (κ2) is 10.1. The lowest BCUT2D eigenvalue weighted by atomic mass is 10.1. The molecule has 0 aliphatic carbocycles. The molecule has 2 aromatic carbocycles. The maximum absolute atomic E-state index is 14.9. The Kier molecular flexibility index (Phi) is 7.33. The maximum Gasteiger partial charge on any atom is 0.431 e. The van der Waals surface area contributed by atoms with Gasteiger partial charge in [-0.05, 0) is 31.5 Å². The Labute approximate surface area is 201 Å². The van der Waals surface area contributed by atoms with E-state index in [-0.39, 0.29) is 43.8 Å². The molecule has 0 bridgehead atoms. The third kappa shape index (κ3) is 5.14. The van der Waals surface area contributed by atoms with Gasteiger partial charge in [-0.15, -0.1) is 0 Å².